The summed E-state index contributed by atoms with van der Waals surface area (Å²) in [6, 6.07) is 6.13. The van der Waals surface area contributed by atoms with Crippen molar-refractivity contribution in [2.45, 2.75) is 0 Å². The number of carbonyl (C=O) groups excluding carboxylic acids is 2. The molecular weight excluding hydrogens is 342 g/mol. The van der Waals surface area contributed by atoms with Crippen LogP contribution < -0.4 is 10.0 Å². The van der Waals surface area contributed by atoms with Gasteiger partial charge >= 0.3 is 5.97 Å². The van der Waals surface area contributed by atoms with Crippen molar-refractivity contribution >= 4 is 34.9 Å². The molecule has 24 heavy (non-hydrogen) atoms. The zero-order valence-electron chi connectivity index (χ0n) is 12.0. The zero-order chi connectivity index (χ0) is 17.7. The van der Waals surface area contributed by atoms with Gasteiger partial charge in [-0.05, 0) is 12.1 Å². The van der Waals surface area contributed by atoms with Gasteiger partial charge in [-0.2, -0.15) is 4.73 Å². The molecule has 10 heteroatoms. The van der Waals surface area contributed by atoms with Gasteiger partial charge in [0.2, 0.25) is 0 Å². The highest BCUT2D eigenvalue weighted by molar-refractivity contribution is 6.31. The Morgan fingerprint density at radius 2 is 1.92 bits per heavy atom. The highest BCUT2D eigenvalue weighted by Crippen LogP contribution is 2.27. The molecule has 0 saturated heterocycles. The van der Waals surface area contributed by atoms with Crippen molar-refractivity contribution in [3.63, 3.8) is 0 Å². The summed E-state index contributed by atoms with van der Waals surface area (Å²) in [6.45, 7) is -0.658. The van der Waals surface area contributed by atoms with Gasteiger partial charge in [0.15, 0.2) is 19.0 Å². The number of pyridine rings is 1. The molecule has 1 N–H and O–H groups in total. The van der Waals surface area contributed by atoms with E-state index in [1.807, 2.05) is 0 Å². The summed E-state index contributed by atoms with van der Waals surface area (Å²) >= 11 is 5.74. The molecule has 2 rings (SSSR count). The van der Waals surface area contributed by atoms with E-state index >= 15 is 0 Å². The third-order valence-electron chi connectivity index (χ3n) is 2.80. The molecule has 0 unspecified atom stereocenters. The molecule has 0 spiro atoms. The number of anilines is 1. The second-order valence-corrected chi connectivity index (χ2v) is 4.93. The maximum absolute atomic E-state index is 11.8. The lowest BCUT2D eigenvalue weighted by molar-refractivity contribution is -0.605. The molecule has 0 fully saturated rings. The highest BCUT2D eigenvalue weighted by atomic mass is 35.5. The zero-order valence-corrected chi connectivity index (χ0v) is 12.7. The van der Waals surface area contributed by atoms with E-state index in [9.17, 15) is 24.9 Å². The first-order valence-corrected chi connectivity index (χ1v) is 6.84. The number of hydrogen-bond donors (Lipinski definition) is 1. The Morgan fingerprint density at radius 3 is 2.54 bits per heavy atom. The molecule has 0 aliphatic heterocycles. The van der Waals surface area contributed by atoms with Crippen molar-refractivity contribution in [1.82, 2.24) is 0 Å². The van der Waals surface area contributed by atoms with Crippen LogP contribution in [0.1, 0.15) is 10.4 Å². The highest BCUT2D eigenvalue weighted by Gasteiger charge is 2.17. The van der Waals surface area contributed by atoms with Crippen molar-refractivity contribution in [2.24, 2.45) is 0 Å². The molecule has 2 aromatic rings. The Bertz CT molecular complexity index is 794. The summed E-state index contributed by atoms with van der Waals surface area (Å²) in [4.78, 5) is 33.7. The first kappa shape index (κ1) is 17.2. The van der Waals surface area contributed by atoms with E-state index in [1.165, 1.54) is 24.3 Å². The Morgan fingerprint density at radius 1 is 1.25 bits per heavy atom. The summed E-state index contributed by atoms with van der Waals surface area (Å²) in [7, 11) is 0. The lowest BCUT2D eigenvalue weighted by Crippen LogP contribution is -2.25. The van der Waals surface area contributed by atoms with Crippen LogP contribution in [0.5, 0.6) is 0 Å². The van der Waals surface area contributed by atoms with Crippen molar-refractivity contribution in [3.05, 3.63) is 68.6 Å². The lowest BCUT2D eigenvalue weighted by Gasteiger charge is -2.07. The molecule has 1 amide bonds. The van der Waals surface area contributed by atoms with Gasteiger partial charge in [0.05, 0.1) is 10.5 Å². The number of hydrogen-bond acceptors (Lipinski definition) is 6. The third-order valence-corrected chi connectivity index (χ3v) is 3.04. The average molecular weight is 352 g/mol. The molecule has 0 atom stereocenters. The van der Waals surface area contributed by atoms with Gasteiger partial charge in [-0.15, -0.1) is 0 Å². The molecule has 0 saturated carbocycles. The predicted octanol–water partition coefficient (Wildman–Crippen LogP) is 1.68. The number of nitro groups is 1. The quantitative estimate of drug-likeness (QED) is 0.287. The summed E-state index contributed by atoms with van der Waals surface area (Å²) in [5, 5.41) is 24.2. The molecule has 1 aromatic heterocycles. The number of nitrogens with zero attached hydrogens (tertiary/aromatic N) is 2. The van der Waals surface area contributed by atoms with Crippen molar-refractivity contribution in [3.8, 4) is 0 Å². The third kappa shape index (κ3) is 4.40. The molecule has 0 radical (unpaired) electrons. The standard InChI is InChI=1S/C14H10ClN3O6/c15-10-1-2-12(18(22)23)11(7-10)16-13(19)8-24-14(20)9-3-5-17(21)6-4-9/h1-7H,8H2,(H,16,19). The minimum atomic E-state index is -0.814. The van der Waals surface area contributed by atoms with Crippen molar-refractivity contribution in [1.29, 1.82) is 0 Å². The minimum Gasteiger partial charge on any atom is -0.619 e. The first-order chi connectivity index (χ1) is 11.4. The summed E-state index contributed by atoms with van der Waals surface area (Å²) < 4.78 is 5.26. The Hall–Kier alpha value is -3.20. The maximum atomic E-state index is 11.8. The largest absolute Gasteiger partial charge is 0.619 e. The predicted molar refractivity (Wildman–Crippen MR) is 82.4 cm³/mol. The van der Waals surface area contributed by atoms with E-state index in [2.05, 4.69) is 5.32 Å². The van der Waals surface area contributed by atoms with Crippen LogP contribution in [0.15, 0.2) is 42.7 Å². The Labute approximate surface area is 140 Å². The summed E-state index contributed by atoms with van der Waals surface area (Å²) in [5.74, 6) is -1.59. The molecule has 1 aromatic carbocycles. The Kier molecular flexibility index (Phi) is 5.27. The number of halogens is 1. The van der Waals surface area contributed by atoms with Crippen LogP contribution in [0.25, 0.3) is 0 Å². The fourth-order valence-corrected chi connectivity index (χ4v) is 1.89. The molecule has 0 aliphatic carbocycles. The number of esters is 1. The van der Waals surface area contributed by atoms with Crippen LogP contribution in [0.3, 0.4) is 0 Å². The molecular formula is C14H10ClN3O6. The van der Waals surface area contributed by atoms with Gasteiger partial charge in [0, 0.05) is 23.2 Å². The molecule has 9 nitrogen and oxygen atoms in total. The SMILES string of the molecule is O=C(COC(=O)c1cc[n+]([O-])cc1)Nc1cc(Cl)ccc1[N+](=O)[O-]. The van der Waals surface area contributed by atoms with Crippen LogP contribution in [0.2, 0.25) is 5.02 Å². The van der Waals surface area contributed by atoms with Crippen LogP contribution in [0, 0.1) is 15.3 Å². The molecule has 0 aliphatic rings. The number of nitro benzene ring substituents is 1. The van der Waals surface area contributed by atoms with E-state index < -0.39 is 23.4 Å². The number of ether oxygens (including phenoxy) is 1. The topological polar surface area (TPSA) is 125 Å². The number of nitrogens with one attached hydrogen (secondary N) is 1. The van der Waals surface area contributed by atoms with Crippen LogP contribution in [0.4, 0.5) is 11.4 Å². The number of aromatic nitrogens is 1. The number of benzene rings is 1. The fraction of sp³-hybridized carbons (Fsp3) is 0.0714. The van der Waals surface area contributed by atoms with Gasteiger partial charge < -0.3 is 15.3 Å². The fourth-order valence-electron chi connectivity index (χ4n) is 1.72. The van der Waals surface area contributed by atoms with Gasteiger partial charge in [0.25, 0.3) is 11.6 Å². The number of amides is 1. The van der Waals surface area contributed by atoms with E-state index in [0.29, 0.717) is 4.73 Å². The molecule has 124 valence electrons. The monoisotopic (exact) mass is 351 g/mol. The second kappa shape index (κ2) is 7.38. The summed E-state index contributed by atoms with van der Waals surface area (Å²) in [6.07, 6.45) is 2.21. The lowest BCUT2D eigenvalue weighted by atomic mass is 10.2. The van der Waals surface area contributed by atoms with Gasteiger partial charge in [-0.3, -0.25) is 14.9 Å². The first-order valence-electron chi connectivity index (χ1n) is 6.46. The van der Waals surface area contributed by atoms with E-state index in [4.69, 9.17) is 16.3 Å². The van der Waals surface area contributed by atoms with Crippen molar-refractivity contribution < 1.29 is 24.0 Å². The van der Waals surface area contributed by atoms with Gasteiger partial charge in [-0.1, -0.05) is 11.6 Å². The van der Waals surface area contributed by atoms with Gasteiger partial charge in [0.1, 0.15) is 5.69 Å². The van der Waals surface area contributed by atoms with E-state index in [-0.39, 0.29) is 22.0 Å². The second-order valence-electron chi connectivity index (χ2n) is 4.49. The smallest absolute Gasteiger partial charge is 0.339 e. The summed E-state index contributed by atoms with van der Waals surface area (Å²) in [5.41, 5.74) is -0.369. The van der Waals surface area contributed by atoms with Crippen LogP contribution in [-0.2, 0) is 9.53 Å². The number of carbonyl (C=O) groups is 2. The van der Waals surface area contributed by atoms with Crippen LogP contribution in [-0.4, -0.2) is 23.4 Å². The normalized spacial score (nSPS) is 10.0. The number of rotatable bonds is 5. The molecule has 1 heterocycles. The van der Waals surface area contributed by atoms with Gasteiger partial charge in [-0.25, -0.2) is 4.79 Å². The molecule has 0 bridgehead atoms. The van der Waals surface area contributed by atoms with E-state index in [0.717, 1.165) is 18.5 Å². The minimum absolute atomic E-state index is 0.0867. The van der Waals surface area contributed by atoms with E-state index in [1.54, 1.807) is 0 Å². The maximum Gasteiger partial charge on any atom is 0.339 e. The average Bonchev–Trinajstić information content (AvgIpc) is 2.53. The van der Waals surface area contributed by atoms with Crippen LogP contribution >= 0.6 is 11.6 Å². The Balaban J connectivity index is 1.99. The van der Waals surface area contributed by atoms with Crippen molar-refractivity contribution in [2.75, 3.05) is 11.9 Å².